The summed E-state index contributed by atoms with van der Waals surface area (Å²) in [6.45, 7) is 4.13. The van der Waals surface area contributed by atoms with Crippen molar-refractivity contribution in [2.24, 2.45) is 0 Å². The van der Waals surface area contributed by atoms with E-state index in [0.29, 0.717) is 17.1 Å². The molecule has 2 N–H and O–H groups in total. The van der Waals surface area contributed by atoms with E-state index >= 15 is 0 Å². The Morgan fingerprint density at radius 3 is 2.74 bits per heavy atom. The molecule has 118 valence electrons. The minimum Gasteiger partial charge on any atom is -0.507 e. The molecule has 0 amide bonds. The van der Waals surface area contributed by atoms with Crippen molar-refractivity contribution in [3.8, 4) is 22.9 Å². The number of aromatic nitrogens is 2. The Labute approximate surface area is 139 Å². The van der Waals surface area contributed by atoms with Gasteiger partial charge < -0.3 is 15.2 Å². The molecule has 5 nitrogen and oxygen atoms in total. The van der Waals surface area contributed by atoms with Gasteiger partial charge in [0.05, 0.1) is 18.3 Å². The Balaban J connectivity index is 2.11. The summed E-state index contributed by atoms with van der Waals surface area (Å²) in [7, 11) is 3.56. The number of nitrogens with zero attached hydrogens (tertiary/aromatic N) is 2. The molecular weight excluding hydrogens is 309 g/mol. The van der Waals surface area contributed by atoms with Crippen molar-refractivity contribution in [1.29, 1.82) is 0 Å². The summed E-state index contributed by atoms with van der Waals surface area (Å²) in [4.78, 5) is 9.23. The van der Waals surface area contributed by atoms with Crippen molar-refractivity contribution in [3.05, 3.63) is 23.6 Å². The number of ether oxygens (including phenoxy) is 1. The van der Waals surface area contributed by atoms with Crippen molar-refractivity contribution >= 4 is 40.7 Å². The molecule has 0 spiro atoms. The lowest BCUT2D eigenvalue weighted by molar-refractivity contribution is 0.418. The van der Waals surface area contributed by atoms with Crippen LogP contribution in [0.2, 0.25) is 0 Å². The number of fused-ring (bicyclic) bond motifs is 1. The number of anilines is 1. The highest BCUT2D eigenvalue weighted by atomic mass is 32.1. The summed E-state index contributed by atoms with van der Waals surface area (Å²) in [5, 5.41) is 17.1. The second-order valence-corrected chi connectivity index (χ2v) is 6.51. The standard InChI is InChI=1S/C16H18BN3O2S/c1-8(2)18-16-20-11(7-23-16)10-6-12(21)9-4-5-13(22-3)14(17)15(9)19-10/h4-8H,17H2,1-3H3,(H,18,20)(H,19,21). The maximum absolute atomic E-state index is 10.3. The van der Waals surface area contributed by atoms with Crippen LogP contribution >= 0.6 is 11.3 Å². The smallest absolute Gasteiger partial charge is 0.183 e. The van der Waals surface area contributed by atoms with Crippen LogP contribution in [0.4, 0.5) is 5.13 Å². The molecule has 0 aliphatic heterocycles. The maximum Gasteiger partial charge on any atom is 0.183 e. The number of thiazole rings is 1. The monoisotopic (exact) mass is 327 g/mol. The summed E-state index contributed by atoms with van der Waals surface area (Å²) in [6.07, 6.45) is 0. The van der Waals surface area contributed by atoms with E-state index in [-0.39, 0.29) is 5.75 Å². The molecule has 3 aromatic rings. The van der Waals surface area contributed by atoms with Crippen LogP contribution in [0.3, 0.4) is 0 Å². The number of hydrogen-bond acceptors (Lipinski definition) is 6. The number of rotatable bonds is 4. The number of pyridine rings is 1. The predicted molar refractivity (Wildman–Crippen MR) is 98.0 cm³/mol. The molecule has 0 saturated heterocycles. The first-order chi connectivity index (χ1) is 11.0. The van der Waals surface area contributed by atoms with Crippen LogP contribution in [0.5, 0.6) is 11.5 Å². The molecule has 2 heterocycles. The Bertz CT molecular complexity index is 864. The van der Waals surface area contributed by atoms with Crippen LogP contribution in [-0.2, 0) is 0 Å². The molecule has 0 aliphatic carbocycles. The van der Waals surface area contributed by atoms with Crippen LogP contribution in [0.15, 0.2) is 23.6 Å². The summed E-state index contributed by atoms with van der Waals surface area (Å²) in [5.74, 6) is 0.948. The third-order valence-electron chi connectivity index (χ3n) is 3.56. The van der Waals surface area contributed by atoms with Gasteiger partial charge in [-0.15, -0.1) is 11.3 Å². The molecule has 0 atom stereocenters. The van der Waals surface area contributed by atoms with E-state index in [4.69, 9.17) is 4.74 Å². The normalized spacial score (nSPS) is 11.1. The predicted octanol–water partition coefficient (Wildman–Crippen LogP) is 2.15. The van der Waals surface area contributed by atoms with E-state index in [1.54, 1.807) is 13.2 Å². The van der Waals surface area contributed by atoms with Crippen LogP contribution in [0, 0.1) is 0 Å². The summed E-state index contributed by atoms with van der Waals surface area (Å²) < 4.78 is 5.34. The highest BCUT2D eigenvalue weighted by Crippen LogP contribution is 2.31. The fourth-order valence-electron chi connectivity index (χ4n) is 2.45. The fourth-order valence-corrected chi connectivity index (χ4v) is 3.30. The van der Waals surface area contributed by atoms with Crippen molar-refractivity contribution in [3.63, 3.8) is 0 Å². The maximum atomic E-state index is 10.3. The van der Waals surface area contributed by atoms with Gasteiger partial charge in [-0.25, -0.2) is 9.97 Å². The zero-order valence-electron chi connectivity index (χ0n) is 13.5. The van der Waals surface area contributed by atoms with E-state index in [9.17, 15) is 5.11 Å². The van der Waals surface area contributed by atoms with E-state index < -0.39 is 0 Å². The quantitative estimate of drug-likeness (QED) is 0.719. The van der Waals surface area contributed by atoms with Gasteiger partial charge in [-0.2, -0.15) is 0 Å². The molecule has 0 fully saturated rings. The van der Waals surface area contributed by atoms with Gasteiger partial charge in [0.2, 0.25) is 0 Å². The number of benzene rings is 1. The van der Waals surface area contributed by atoms with Crippen LogP contribution in [0.25, 0.3) is 22.3 Å². The van der Waals surface area contributed by atoms with Gasteiger partial charge in [0, 0.05) is 22.9 Å². The average Bonchev–Trinajstić information content (AvgIpc) is 2.96. The zero-order valence-corrected chi connectivity index (χ0v) is 14.4. The van der Waals surface area contributed by atoms with E-state index in [1.807, 2.05) is 25.4 Å². The van der Waals surface area contributed by atoms with Gasteiger partial charge in [0.1, 0.15) is 25.0 Å². The fraction of sp³-hybridized carbons (Fsp3) is 0.250. The van der Waals surface area contributed by atoms with Gasteiger partial charge >= 0.3 is 0 Å². The second kappa shape index (κ2) is 6.08. The summed E-state index contributed by atoms with van der Waals surface area (Å²) in [6, 6.07) is 5.63. The van der Waals surface area contributed by atoms with Crippen molar-refractivity contribution in [2.45, 2.75) is 19.9 Å². The molecule has 0 unspecified atom stereocenters. The minimum absolute atomic E-state index is 0.196. The molecule has 0 saturated carbocycles. The topological polar surface area (TPSA) is 67.3 Å². The van der Waals surface area contributed by atoms with Crippen molar-refractivity contribution in [1.82, 2.24) is 9.97 Å². The third-order valence-corrected chi connectivity index (χ3v) is 4.34. The highest BCUT2D eigenvalue weighted by molar-refractivity contribution is 7.14. The van der Waals surface area contributed by atoms with Gasteiger partial charge in [-0.05, 0) is 31.4 Å². The van der Waals surface area contributed by atoms with Gasteiger partial charge in [0.25, 0.3) is 0 Å². The van der Waals surface area contributed by atoms with E-state index in [2.05, 4.69) is 29.1 Å². The number of hydrogen-bond donors (Lipinski definition) is 2. The Morgan fingerprint density at radius 2 is 2.04 bits per heavy atom. The van der Waals surface area contributed by atoms with E-state index in [0.717, 1.165) is 27.6 Å². The second-order valence-electron chi connectivity index (χ2n) is 5.65. The SMILES string of the molecule is Bc1c(OC)ccc2c(O)cc(-c3csc(NC(C)C)n3)nc12. The Morgan fingerprint density at radius 1 is 1.26 bits per heavy atom. The molecule has 23 heavy (non-hydrogen) atoms. The van der Waals surface area contributed by atoms with Crippen LogP contribution in [-0.4, -0.2) is 36.1 Å². The zero-order chi connectivity index (χ0) is 16.6. The number of nitrogens with one attached hydrogen (secondary N) is 1. The minimum atomic E-state index is 0.196. The van der Waals surface area contributed by atoms with Crippen LogP contribution < -0.4 is 15.5 Å². The summed E-state index contributed by atoms with van der Waals surface area (Å²) in [5.41, 5.74) is 3.03. The van der Waals surface area contributed by atoms with Gasteiger partial charge in [-0.1, -0.05) is 0 Å². The molecule has 1 aromatic carbocycles. The molecule has 7 heteroatoms. The first-order valence-corrected chi connectivity index (χ1v) is 8.27. The lowest BCUT2D eigenvalue weighted by atomic mass is 9.91. The molecule has 2 aromatic heterocycles. The van der Waals surface area contributed by atoms with Crippen molar-refractivity contribution in [2.75, 3.05) is 12.4 Å². The molecule has 0 aliphatic rings. The Kier molecular flexibility index (Phi) is 4.13. The molecule has 3 rings (SSSR count). The summed E-state index contributed by atoms with van der Waals surface area (Å²) >= 11 is 1.53. The lowest BCUT2D eigenvalue weighted by Crippen LogP contribution is -2.10. The molecule has 0 radical (unpaired) electrons. The lowest BCUT2D eigenvalue weighted by Gasteiger charge is -2.10. The Hall–Kier alpha value is -2.28. The first kappa shape index (κ1) is 15.6. The molecule has 0 bridgehead atoms. The van der Waals surface area contributed by atoms with Gasteiger partial charge in [-0.3, -0.25) is 0 Å². The van der Waals surface area contributed by atoms with Gasteiger partial charge in [0.15, 0.2) is 5.13 Å². The van der Waals surface area contributed by atoms with Crippen LogP contribution in [0.1, 0.15) is 13.8 Å². The number of methoxy groups -OCH3 is 1. The largest absolute Gasteiger partial charge is 0.507 e. The first-order valence-electron chi connectivity index (χ1n) is 7.39. The third kappa shape index (κ3) is 2.96. The number of aromatic hydroxyl groups is 1. The average molecular weight is 327 g/mol. The van der Waals surface area contributed by atoms with Crippen molar-refractivity contribution < 1.29 is 9.84 Å². The molecular formula is C16H18BN3O2S. The van der Waals surface area contributed by atoms with E-state index in [1.165, 1.54) is 11.3 Å². The highest BCUT2D eigenvalue weighted by Gasteiger charge is 2.13.